The molecule has 0 spiro atoms. The third-order valence-corrected chi connectivity index (χ3v) is 5.18. The van der Waals surface area contributed by atoms with Crippen molar-refractivity contribution >= 4 is 27.8 Å². The maximum absolute atomic E-state index is 13.8. The fraction of sp³-hybridized carbons (Fsp3) is 0.625. The molecular weight excluding hydrogens is 382 g/mol. The number of rotatable bonds is 3. The molecule has 8 heteroatoms. The molecule has 2 aliphatic rings. The van der Waals surface area contributed by atoms with Crippen LogP contribution in [0.25, 0.3) is 0 Å². The second kappa shape index (κ2) is 7.63. The van der Waals surface area contributed by atoms with Crippen LogP contribution in [0.1, 0.15) is 38.5 Å². The van der Waals surface area contributed by atoms with Gasteiger partial charge in [-0.3, -0.25) is 0 Å². The highest BCUT2D eigenvalue weighted by atomic mass is 79.9. The van der Waals surface area contributed by atoms with Gasteiger partial charge in [0.05, 0.1) is 0 Å². The number of carbonyl (C=O) groups is 1. The predicted octanol–water partition coefficient (Wildman–Crippen LogP) is 3.65. The summed E-state index contributed by atoms with van der Waals surface area (Å²) in [6, 6.07) is 0.875. The first-order valence-corrected chi connectivity index (χ1v) is 9.16. The van der Waals surface area contributed by atoms with Crippen molar-refractivity contribution in [2.24, 2.45) is 0 Å². The highest BCUT2D eigenvalue weighted by Gasteiger charge is 2.27. The summed E-state index contributed by atoms with van der Waals surface area (Å²) in [5, 5.41) is 6.12. The number of pyridine rings is 1. The van der Waals surface area contributed by atoms with E-state index < -0.39 is 11.6 Å². The smallest absolute Gasteiger partial charge is 0.317 e. The Morgan fingerprint density at radius 2 is 1.88 bits per heavy atom. The Morgan fingerprint density at radius 1 is 1.17 bits per heavy atom. The number of aromatic nitrogens is 1. The molecule has 0 radical (unpaired) electrons. The summed E-state index contributed by atoms with van der Waals surface area (Å²) in [5.41, 5.74) is 0. The number of likely N-dealkylation sites (tertiary alicyclic amines) is 1. The van der Waals surface area contributed by atoms with Gasteiger partial charge in [-0.05, 0) is 54.5 Å². The molecule has 1 saturated carbocycles. The third kappa shape index (κ3) is 4.15. The minimum absolute atomic E-state index is 0.00184. The highest BCUT2D eigenvalue weighted by molar-refractivity contribution is 9.10. The molecule has 132 valence electrons. The number of urea groups is 1. The van der Waals surface area contributed by atoms with Gasteiger partial charge in [-0.1, -0.05) is 0 Å². The largest absolute Gasteiger partial charge is 0.365 e. The zero-order valence-corrected chi connectivity index (χ0v) is 14.9. The zero-order chi connectivity index (χ0) is 17.1. The lowest BCUT2D eigenvalue weighted by Crippen LogP contribution is -2.47. The molecule has 5 nitrogen and oxygen atoms in total. The maximum Gasteiger partial charge on any atom is 0.317 e. The van der Waals surface area contributed by atoms with Crippen LogP contribution in [-0.2, 0) is 0 Å². The standard InChI is InChI=1S/C16H21BrF2N4O/c17-14-12(18)9-13(19)15(22-14)20-10-4-3-5-11(8-10)21-16(24)23-6-1-2-7-23/h9-11H,1-8H2,(H,20,22)(H,21,24)/t10-,11+/m0/s1. The number of anilines is 1. The number of hydrogen-bond donors (Lipinski definition) is 2. The minimum atomic E-state index is -0.725. The lowest BCUT2D eigenvalue weighted by Gasteiger charge is -2.32. The summed E-state index contributed by atoms with van der Waals surface area (Å²) in [6.45, 7) is 1.64. The van der Waals surface area contributed by atoms with E-state index in [0.717, 1.165) is 51.3 Å². The molecule has 1 saturated heterocycles. The SMILES string of the molecule is O=C(N[C@@H]1CCC[C@H](Nc2nc(Br)c(F)cc2F)C1)N1CCCC1. The average Bonchev–Trinajstić information content (AvgIpc) is 3.07. The Morgan fingerprint density at radius 3 is 2.62 bits per heavy atom. The Balaban J connectivity index is 1.57. The van der Waals surface area contributed by atoms with Crippen molar-refractivity contribution in [1.29, 1.82) is 0 Å². The average molecular weight is 403 g/mol. The van der Waals surface area contributed by atoms with Crippen molar-refractivity contribution in [1.82, 2.24) is 15.2 Å². The Labute approximate surface area is 148 Å². The van der Waals surface area contributed by atoms with Crippen molar-refractivity contribution in [3.63, 3.8) is 0 Å². The molecule has 1 aromatic rings. The van der Waals surface area contributed by atoms with Crippen LogP contribution in [0, 0.1) is 11.6 Å². The quantitative estimate of drug-likeness (QED) is 0.758. The molecule has 0 bridgehead atoms. The fourth-order valence-electron chi connectivity index (χ4n) is 3.38. The summed E-state index contributed by atoms with van der Waals surface area (Å²) >= 11 is 2.97. The van der Waals surface area contributed by atoms with Crippen molar-refractivity contribution in [3.8, 4) is 0 Å². The Hall–Kier alpha value is -1.44. The van der Waals surface area contributed by atoms with Crippen LogP contribution in [0.5, 0.6) is 0 Å². The molecule has 0 unspecified atom stereocenters. The second-order valence-corrected chi connectivity index (χ2v) is 7.19. The van der Waals surface area contributed by atoms with E-state index >= 15 is 0 Å². The van der Waals surface area contributed by atoms with Gasteiger partial charge in [0.25, 0.3) is 0 Å². The molecule has 1 aliphatic carbocycles. The molecule has 1 aliphatic heterocycles. The monoisotopic (exact) mass is 402 g/mol. The number of hydrogen-bond acceptors (Lipinski definition) is 3. The van der Waals surface area contributed by atoms with Crippen LogP contribution in [0.15, 0.2) is 10.7 Å². The van der Waals surface area contributed by atoms with Gasteiger partial charge < -0.3 is 15.5 Å². The number of halogens is 3. The van der Waals surface area contributed by atoms with Crippen molar-refractivity contribution in [3.05, 3.63) is 22.3 Å². The van der Waals surface area contributed by atoms with Gasteiger partial charge in [-0.2, -0.15) is 0 Å². The van der Waals surface area contributed by atoms with Crippen molar-refractivity contribution in [2.75, 3.05) is 18.4 Å². The summed E-state index contributed by atoms with van der Waals surface area (Å²) in [5.74, 6) is -1.39. The maximum atomic E-state index is 13.8. The summed E-state index contributed by atoms with van der Waals surface area (Å²) < 4.78 is 27.1. The lowest BCUT2D eigenvalue weighted by atomic mass is 9.91. The van der Waals surface area contributed by atoms with Crippen molar-refractivity contribution < 1.29 is 13.6 Å². The van der Waals surface area contributed by atoms with Gasteiger partial charge in [-0.15, -0.1) is 0 Å². The van der Waals surface area contributed by atoms with E-state index in [2.05, 4.69) is 31.5 Å². The second-order valence-electron chi connectivity index (χ2n) is 6.44. The van der Waals surface area contributed by atoms with E-state index in [0.29, 0.717) is 6.42 Å². The zero-order valence-electron chi connectivity index (χ0n) is 13.3. The minimum Gasteiger partial charge on any atom is -0.365 e. The Bertz CT molecular complexity index is 610. The third-order valence-electron chi connectivity index (χ3n) is 4.62. The summed E-state index contributed by atoms with van der Waals surface area (Å²) in [7, 11) is 0. The molecule has 2 atom stereocenters. The predicted molar refractivity (Wildman–Crippen MR) is 90.9 cm³/mol. The fourth-order valence-corrected chi connectivity index (χ4v) is 3.67. The van der Waals surface area contributed by atoms with Crippen LogP contribution >= 0.6 is 15.9 Å². The van der Waals surface area contributed by atoms with Crippen LogP contribution < -0.4 is 10.6 Å². The molecule has 0 aromatic carbocycles. The first kappa shape index (κ1) is 17.4. The lowest BCUT2D eigenvalue weighted by molar-refractivity contribution is 0.199. The number of amides is 2. The van der Waals surface area contributed by atoms with Gasteiger partial charge in [0.1, 0.15) is 4.60 Å². The molecule has 2 heterocycles. The van der Waals surface area contributed by atoms with Crippen LogP contribution in [-0.4, -0.2) is 41.1 Å². The molecule has 1 aromatic heterocycles. The van der Waals surface area contributed by atoms with Gasteiger partial charge >= 0.3 is 6.03 Å². The summed E-state index contributed by atoms with van der Waals surface area (Å²) in [4.78, 5) is 17.9. The van der Waals surface area contributed by atoms with Gasteiger partial charge in [0, 0.05) is 31.2 Å². The normalized spacial score (nSPS) is 24.0. The van der Waals surface area contributed by atoms with E-state index in [1.165, 1.54) is 0 Å². The van der Waals surface area contributed by atoms with Gasteiger partial charge in [0.15, 0.2) is 17.5 Å². The van der Waals surface area contributed by atoms with E-state index in [1.54, 1.807) is 0 Å². The van der Waals surface area contributed by atoms with Crippen LogP contribution in [0.3, 0.4) is 0 Å². The molecule has 24 heavy (non-hydrogen) atoms. The molecule has 2 amide bonds. The molecular formula is C16H21BrF2N4O. The summed E-state index contributed by atoms with van der Waals surface area (Å²) in [6.07, 6.45) is 5.55. The Kier molecular flexibility index (Phi) is 5.53. The molecule has 2 fully saturated rings. The first-order chi connectivity index (χ1) is 11.5. The number of carbonyl (C=O) groups excluding carboxylic acids is 1. The molecule has 3 rings (SSSR count). The van der Waals surface area contributed by atoms with E-state index in [4.69, 9.17) is 0 Å². The van der Waals surface area contributed by atoms with Crippen LogP contribution in [0.4, 0.5) is 19.4 Å². The first-order valence-electron chi connectivity index (χ1n) is 8.36. The van der Waals surface area contributed by atoms with Crippen LogP contribution in [0.2, 0.25) is 0 Å². The highest BCUT2D eigenvalue weighted by Crippen LogP contribution is 2.25. The van der Waals surface area contributed by atoms with Crippen molar-refractivity contribution in [2.45, 2.75) is 50.6 Å². The molecule has 2 N–H and O–H groups in total. The van der Waals surface area contributed by atoms with E-state index in [1.807, 2.05) is 4.90 Å². The van der Waals surface area contributed by atoms with Gasteiger partial charge in [-0.25, -0.2) is 18.6 Å². The van der Waals surface area contributed by atoms with E-state index in [9.17, 15) is 13.6 Å². The number of nitrogens with zero attached hydrogens (tertiary/aromatic N) is 2. The topological polar surface area (TPSA) is 57.3 Å². The van der Waals surface area contributed by atoms with E-state index in [-0.39, 0.29) is 28.5 Å². The van der Waals surface area contributed by atoms with Gasteiger partial charge in [0.2, 0.25) is 0 Å². The number of nitrogens with one attached hydrogen (secondary N) is 2.